The van der Waals surface area contributed by atoms with E-state index in [1.165, 1.54) is 36.4 Å². The summed E-state index contributed by atoms with van der Waals surface area (Å²) in [6, 6.07) is 10.9. The number of carbonyl (C=O) groups excluding carboxylic acids is 2. The maximum Gasteiger partial charge on any atom is 0.305 e. The highest BCUT2D eigenvalue weighted by molar-refractivity contribution is 5.98. The first-order chi connectivity index (χ1) is 12.9. The standard InChI is InChI=1S/C20H19FN2O4/c21-15-7-5-12(6-8-15)17(11-18(24)25)23-20(27)14-3-1-13(2-4-14)19(26)22-16-9-10-16/h1-8,16-17H,9-11H2,(H,22,26)(H,23,27)(H,24,25). The van der Waals surface area contributed by atoms with Crippen molar-refractivity contribution >= 4 is 17.8 Å². The van der Waals surface area contributed by atoms with E-state index < -0.39 is 23.7 Å². The summed E-state index contributed by atoms with van der Waals surface area (Å²) in [5, 5.41) is 14.6. The summed E-state index contributed by atoms with van der Waals surface area (Å²) in [6.45, 7) is 0. The van der Waals surface area contributed by atoms with Crippen LogP contribution in [0, 0.1) is 5.82 Å². The Labute approximate surface area is 155 Å². The molecule has 1 fully saturated rings. The van der Waals surface area contributed by atoms with Crippen molar-refractivity contribution in [3.8, 4) is 0 Å². The average Bonchev–Trinajstić information content (AvgIpc) is 3.45. The van der Waals surface area contributed by atoms with Gasteiger partial charge in [-0.3, -0.25) is 14.4 Å². The third-order valence-electron chi connectivity index (χ3n) is 4.28. The summed E-state index contributed by atoms with van der Waals surface area (Å²) < 4.78 is 13.1. The highest BCUT2D eigenvalue weighted by Gasteiger charge is 2.24. The van der Waals surface area contributed by atoms with E-state index in [0.717, 1.165) is 12.8 Å². The van der Waals surface area contributed by atoms with E-state index in [-0.39, 0.29) is 18.4 Å². The van der Waals surface area contributed by atoms with Crippen molar-refractivity contribution < 1.29 is 23.9 Å². The normalized spacial score (nSPS) is 14.3. The summed E-state index contributed by atoms with van der Waals surface area (Å²) in [5.74, 6) is -2.19. The summed E-state index contributed by atoms with van der Waals surface area (Å²) in [7, 11) is 0. The van der Waals surface area contributed by atoms with Crippen LogP contribution in [0.25, 0.3) is 0 Å². The Kier molecular flexibility index (Phi) is 5.49. The third kappa shape index (κ3) is 5.13. The molecule has 1 saturated carbocycles. The molecule has 1 aliphatic carbocycles. The smallest absolute Gasteiger partial charge is 0.305 e. The van der Waals surface area contributed by atoms with E-state index in [1.807, 2.05) is 0 Å². The van der Waals surface area contributed by atoms with Gasteiger partial charge in [-0.25, -0.2) is 4.39 Å². The van der Waals surface area contributed by atoms with Crippen LogP contribution in [0.3, 0.4) is 0 Å². The van der Waals surface area contributed by atoms with Gasteiger partial charge in [0.1, 0.15) is 5.82 Å². The van der Waals surface area contributed by atoms with Gasteiger partial charge >= 0.3 is 5.97 Å². The molecule has 0 radical (unpaired) electrons. The van der Waals surface area contributed by atoms with Gasteiger partial charge in [0, 0.05) is 17.2 Å². The Morgan fingerprint density at radius 3 is 2.04 bits per heavy atom. The molecule has 2 aromatic rings. The monoisotopic (exact) mass is 370 g/mol. The van der Waals surface area contributed by atoms with Gasteiger partial charge in [-0.2, -0.15) is 0 Å². The Hall–Kier alpha value is -3.22. The van der Waals surface area contributed by atoms with Crippen molar-refractivity contribution in [2.24, 2.45) is 0 Å². The van der Waals surface area contributed by atoms with Crippen LogP contribution in [-0.4, -0.2) is 28.9 Å². The maximum atomic E-state index is 13.1. The predicted molar refractivity (Wildman–Crippen MR) is 95.8 cm³/mol. The Balaban J connectivity index is 1.69. The van der Waals surface area contributed by atoms with Gasteiger partial charge in [0.15, 0.2) is 0 Å². The minimum Gasteiger partial charge on any atom is -0.481 e. The number of carboxylic acids is 1. The first-order valence-corrected chi connectivity index (χ1v) is 8.61. The van der Waals surface area contributed by atoms with Gasteiger partial charge in [0.2, 0.25) is 0 Å². The van der Waals surface area contributed by atoms with Crippen LogP contribution in [0.2, 0.25) is 0 Å². The molecule has 1 unspecified atom stereocenters. The van der Waals surface area contributed by atoms with E-state index >= 15 is 0 Å². The number of aliphatic carboxylic acids is 1. The number of carbonyl (C=O) groups is 3. The predicted octanol–water partition coefficient (Wildman–Crippen LogP) is 2.66. The van der Waals surface area contributed by atoms with Gasteiger partial charge in [-0.05, 0) is 54.8 Å². The number of carboxylic acid groups (broad SMARTS) is 1. The molecular weight excluding hydrogens is 351 g/mol. The third-order valence-corrected chi connectivity index (χ3v) is 4.28. The zero-order valence-corrected chi connectivity index (χ0v) is 14.4. The molecule has 0 saturated heterocycles. The van der Waals surface area contributed by atoms with E-state index in [9.17, 15) is 18.8 Å². The second-order valence-corrected chi connectivity index (χ2v) is 6.50. The molecule has 0 aliphatic heterocycles. The Morgan fingerprint density at radius 2 is 1.52 bits per heavy atom. The van der Waals surface area contributed by atoms with Gasteiger partial charge < -0.3 is 15.7 Å². The minimum atomic E-state index is -1.09. The lowest BCUT2D eigenvalue weighted by Gasteiger charge is -2.17. The van der Waals surface area contributed by atoms with Gasteiger partial charge in [-0.1, -0.05) is 12.1 Å². The fourth-order valence-corrected chi connectivity index (χ4v) is 2.63. The van der Waals surface area contributed by atoms with Crippen LogP contribution in [0.15, 0.2) is 48.5 Å². The lowest BCUT2D eigenvalue weighted by molar-refractivity contribution is -0.137. The molecule has 140 valence electrons. The summed E-state index contributed by atoms with van der Waals surface area (Å²) in [4.78, 5) is 35.6. The molecule has 1 aliphatic rings. The highest BCUT2D eigenvalue weighted by atomic mass is 19.1. The van der Waals surface area contributed by atoms with Gasteiger partial charge in [-0.15, -0.1) is 0 Å². The van der Waals surface area contributed by atoms with E-state index in [1.54, 1.807) is 12.1 Å². The highest BCUT2D eigenvalue weighted by Crippen LogP contribution is 2.20. The number of hydrogen-bond acceptors (Lipinski definition) is 3. The SMILES string of the molecule is O=C(O)CC(NC(=O)c1ccc(C(=O)NC2CC2)cc1)c1ccc(F)cc1. The van der Waals surface area contributed by atoms with Crippen LogP contribution in [-0.2, 0) is 4.79 Å². The fraction of sp³-hybridized carbons (Fsp3) is 0.250. The summed E-state index contributed by atoms with van der Waals surface area (Å²) in [6.07, 6.45) is 1.64. The Bertz CT molecular complexity index is 845. The molecule has 3 N–H and O–H groups in total. The van der Waals surface area contributed by atoms with Gasteiger partial charge in [0.25, 0.3) is 11.8 Å². The minimum absolute atomic E-state index is 0.181. The molecule has 0 aromatic heterocycles. The lowest BCUT2D eigenvalue weighted by atomic mass is 10.0. The molecule has 0 bridgehead atoms. The Morgan fingerprint density at radius 1 is 0.963 bits per heavy atom. The van der Waals surface area contributed by atoms with Crippen LogP contribution >= 0.6 is 0 Å². The molecule has 3 rings (SSSR count). The summed E-state index contributed by atoms with van der Waals surface area (Å²) >= 11 is 0. The van der Waals surface area contributed by atoms with Crippen molar-refractivity contribution in [2.45, 2.75) is 31.3 Å². The number of halogens is 1. The van der Waals surface area contributed by atoms with E-state index in [2.05, 4.69) is 10.6 Å². The maximum absolute atomic E-state index is 13.1. The molecule has 2 aromatic carbocycles. The number of hydrogen-bond donors (Lipinski definition) is 3. The molecule has 2 amide bonds. The van der Waals surface area contributed by atoms with Crippen molar-refractivity contribution in [1.82, 2.24) is 10.6 Å². The summed E-state index contributed by atoms with van der Waals surface area (Å²) in [5.41, 5.74) is 1.25. The number of rotatable bonds is 7. The molecule has 1 atom stereocenters. The van der Waals surface area contributed by atoms with E-state index in [0.29, 0.717) is 16.7 Å². The van der Waals surface area contributed by atoms with Crippen LogP contribution in [0.5, 0.6) is 0 Å². The topological polar surface area (TPSA) is 95.5 Å². The molecular formula is C20H19FN2O4. The van der Waals surface area contributed by atoms with Crippen LogP contribution < -0.4 is 10.6 Å². The van der Waals surface area contributed by atoms with Crippen molar-refractivity contribution in [3.63, 3.8) is 0 Å². The molecule has 6 nitrogen and oxygen atoms in total. The first-order valence-electron chi connectivity index (χ1n) is 8.61. The number of benzene rings is 2. The molecule has 7 heteroatoms. The number of nitrogens with one attached hydrogen (secondary N) is 2. The molecule has 27 heavy (non-hydrogen) atoms. The van der Waals surface area contributed by atoms with Crippen LogP contribution in [0.4, 0.5) is 4.39 Å². The second-order valence-electron chi connectivity index (χ2n) is 6.50. The fourth-order valence-electron chi connectivity index (χ4n) is 2.63. The molecule has 0 spiro atoms. The zero-order valence-electron chi connectivity index (χ0n) is 14.4. The van der Waals surface area contributed by atoms with Crippen molar-refractivity contribution in [2.75, 3.05) is 0 Å². The second kappa shape index (κ2) is 7.99. The van der Waals surface area contributed by atoms with Gasteiger partial charge in [0.05, 0.1) is 12.5 Å². The number of amides is 2. The quantitative estimate of drug-likeness (QED) is 0.698. The largest absolute Gasteiger partial charge is 0.481 e. The van der Waals surface area contributed by atoms with Crippen molar-refractivity contribution in [1.29, 1.82) is 0 Å². The average molecular weight is 370 g/mol. The van der Waals surface area contributed by atoms with Crippen LogP contribution in [0.1, 0.15) is 51.6 Å². The lowest BCUT2D eigenvalue weighted by Crippen LogP contribution is -2.30. The molecule has 0 heterocycles. The van der Waals surface area contributed by atoms with Crippen molar-refractivity contribution in [3.05, 3.63) is 71.0 Å². The van der Waals surface area contributed by atoms with E-state index in [4.69, 9.17) is 5.11 Å². The first kappa shape index (κ1) is 18.6. The zero-order chi connectivity index (χ0) is 19.4.